The van der Waals surface area contributed by atoms with Crippen LogP contribution in [-0.2, 0) is 9.84 Å². The van der Waals surface area contributed by atoms with Gasteiger partial charge in [-0.2, -0.15) is 0 Å². The standard InChI is InChI=1S/C17H20N4O2S/c22-24(23,14-5-2-1-3-6-14)16-13-19-15-7-4-10-21(17(15)16)20-11-8-18-9-12-20/h1-7,10,18-19H,8-9,11-13H2. The second kappa shape index (κ2) is 6.08. The molecule has 6 nitrogen and oxygen atoms in total. The Morgan fingerprint density at radius 3 is 2.54 bits per heavy atom. The lowest BCUT2D eigenvalue weighted by atomic mass is 10.2. The first-order chi connectivity index (χ1) is 11.7. The smallest absolute Gasteiger partial charge is 0.206 e. The van der Waals surface area contributed by atoms with Crippen LogP contribution < -0.4 is 10.6 Å². The third kappa shape index (κ3) is 2.54. The lowest BCUT2D eigenvalue weighted by molar-refractivity contribution is 0.0429. The second-order valence-corrected chi connectivity index (χ2v) is 7.88. The van der Waals surface area contributed by atoms with E-state index in [-0.39, 0.29) is 0 Å². The van der Waals surface area contributed by atoms with Gasteiger partial charge in [0.05, 0.1) is 27.7 Å². The third-order valence-electron chi connectivity index (χ3n) is 4.45. The van der Waals surface area contributed by atoms with Crippen molar-refractivity contribution in [2.45, 2.75) is 4.90 Å². The van der Waals surface area contributed by atoms with Crippen LogP contribution in [0.2, 0.25) is 0 Å². The number of nitrogens with one attached hydrogen (secondary N) is 2. The molecule has 1 aromatic rings. The van der Waals surface area contributed by atoms with Crippen LogP contribution in [0.15, 0.2) is 69.9 Å². The number of sulfone groups is 1. The quantitative estimate of drug-likeness (QED) is 0.846. The van der Waals surface area contributed by atoms with E-state index in [4.69, 9.17) is 0 Å². The molecular formula is C17H20N4O2S. The molecule has 0 amide bonds. The SMILES string of the molecule is O=S(=O)(C1=C2C(=CC=CN2N2CCNCC2)NC1)c1ccccc1. The fourth-order valence-corrected chi connectivity index (χ4v) is 4.77. The van der Waals surface area contributed by atoms with Crippen molar-refractivity contribution < 1.29 is 8.42 Å². The van der Waals surface area contributed by atoms with Crippen molar-refractivity contribution >= 4 is 9.84 Å². The van der Waals surface area contributed by atoms with E-state index < -0.39 is 9.84 Å². The summed E-state index contributed by atoms with van der Waals surface area (Å²) in [5.74, 6) is 0. The number of allylic oxidation sites excluding steroid dienone is 2. The van der Waals surface area contributed by atoms with Crippen LogP contribution in [0.4, 0.5) is 0 Å². The normalized spacial score (nSPS) is 21.5. The van der Waals surface area contributed by atoms with Crippen LogP contribution in [0, 0.1) is 0 Å². The molecule has 0 atom stereocenters. The maximum absolute atomic E-state index is 13.1. The maximum atomic E-state index is 13.1. The molecule has 126 valence electrons. The van der Waals surface area contributed by atoms with Crippen LogP contribution in [0.3, 0.4) is 0 Å². The van der Waals surface area contributed by atoms with Crippen LogP contribution in [0.5, 0.6) is 0 Å². The van der Waals surface area contributed by atoms with Crippen LogP contribution in [0.1, 0.15) is 0 Å². The molecule has 4 rings (SSSR count). The number of rotatable bonds is 3. The number of hydrazine groups is 1. The summed E-state index contributed by atoms with van der Waals surface area (Å²) in [7, 11) is -3.52. The van der Waals surface area contributed by atoms with Crippen LogP contribution >= 0.6 is 0 Å². The zero-order chi connectivity index (χ0) is 16.6. The topological polar surface area (TPSA) is 64.7 Å². The number of fused-ring (bicyclic) bond motifs is 1. The fraction of sp³-hybridized carbons (Fsp3) is 0.294. The molecule has 3 heterocycles. The molecule has 1 aromatic carbocycles. The first-order valence-electron chi connectivity index (χ1n) is 8.09. The summed E-state index contributed by atoms with van der Waals surface area (Å²) in [5.41, 5.74) is 1.62. The number of hydrogen-bond acceptors (Lipinski definition) is 6. The average molecular weight is 344 g/mol. The van der Waals surface area contributed by atoms with Crippen molar-refractivity contribution in [1.29, 1.82) is 0 Å². The summed E-state index contributed by atoms with van der Waals surface area (Å²) in [4.78, 5) is 0.771. The van der Waals surface area contributed by atoms with E-state index in [2.05, 4.69) is 15.6 Å². The summed E-state index contributed by atoms with van der Waals surface area (Å²) >= 11 is 0. The van der Waals surface area contributed by atoms with E-state index in [1.807, 2.05) is 29.4 Å². The molecule has 7 heteroatoms. The largest absolute Gasteiger partial charge is 0.378 e. The molecule has 1 fully saturated rings. The number of nitrogens with zero attached hydrogens (tertiary/aromatic N) is 2. The molecule has 3 aliphatic heterocycles. The first-order valence-corrected chi connectivity index (χ1v) is 9.57. The Balaban J connectivity index is 1.78. The average Bonchev–Trinajstić information content (AvgIpc) is 3.08. The van der Waals surface area contributed by atoms with Crippen molar-refractivity contribution in [3.05, 3.63) is 65.0 Å². The van der Waals surface area contributed by atoms with Gasteiger partial charge >= 0.3 is 0 Å². The third-order valence-corrected chi connectivity index (χ3v) is 6.33. The van der Waals surface area contributed by atoms with Gasteiger partial charge in [0.15, 0.2) is 0 Å². The van der Waals surface area contributed by atoms with E-state index in [1.54, 1.807) is 24.3 Å². The minimum absolute atomic E-state index is 0.322. The van der Waals surface area contributed by atoms with Gasteiger partial charge in [0.2, 0.25) is 9.84 Å². The molecule has 2 N–H and O–H groups in total. The highest BCUT2D eigenvalue weighted by Gasteiger charge is 2.36. The zero-order valence-corrected chi connectivity index (χ0v) is 14.1. The first kappa shape index (κ1) is 15.4. The van der Waals surface area contributed by atoms with Gasteiger partial charge in [-0.15, -0.1) is 0 Å². The highest BCUT2D eigenvalue weighted by Crippen LogP contribution is 2.34. The van der Waals surface area contributed by atoms with E-state index >= 15 is 0 Å². The zero-order valence-electron chi connectivity index (χ0n) is 13.3. The van der Waals surface area contributed by atoms with Gasteiger partial charge in [-0.1, -0.05) is 18.2 Å². The van der Waals surface area contributed by atoms with E-state index in [1.165, 1.54) is 0 Å². The Bertz CT molecular complexity index is 821. The molecular weight excluding hydrogens is 324 g/mol. The summed E-state index contributed by atoms with van der Waals surface area (Å²) in [6.45, 7) is 3.80. The molecule has 3 aliphatic rings. The molecule has 0 aliphatic carbocycles. The molecule has 24 heavy (non-hydrogen) atoms. The molecule has 1 saturated heterocycles. The molecule has 0 spiro atoms. The van der Waals surface area contributed by atoms with Gasteiger partial charge in [-0.05, 0) is 24.3 Å². The molecule has 0 bridgehead atoms. The van der Waals surface area contributed by atoms with Crippen LogP contribution in [0.25, 0.3) is 0 Å². The lowest BCUT2D eigenvalue weighted by Gasteiger charge is -2.39. The molecule has 0 saturated carbocycles. The van der Waals surface area contributed by atoms with Crippen molar-refractivity contribution in [1.82, 2.24) is 20.7 Å². The predicted octanol–water partition coefficient (Wildman–Crippen LogP) is 0.808. The lowest BCUT2D eigenvalue weighted by Crippen LogP contribution is -2.50. The van der Waals surface area contributed by atoms with Gasteiger partial charge in [0, 0.05) is 32.4 Å². The second-order valence-electron chi connectivity index (χ2n) is 5.91. The van der Waals surface area contributed by atoms with Crippen molar-refractivity contribution in [3.63, 3.8) is 0 Å². The van der Waals surface area contributed by atoms with Gasteiger partial charge in [-0.3, -0.25) is 5.01 Å². The Morgan fingerprint density at radius 2 is 1.79 bits per heavy atom. The minimum Gasteiger partial charge on any atom is -0.378 e. The van der Waals surface area contributed by atoms with E-state index in [0.29, 0.717) is 16.3 Å². The minimum atomic E-state index is -3.52. The maximum Gasteiger partial charge on any atom is 0.206 e. The Kier molecular flexibility index (Phi) is 3.91. The fourth-order valence-electron chi connectivity index (χ4n) is 3.25. The number of benzene rings is 1. The van der Waals surface area contributed by atoms with Gasteiger partial charge < -0.3 is 10.6 Å². The summed E-state index contributed by atoms with van der Waals surface area (Å²) in [5, 5.41) is 10.7. The molecule has 0 aromatic heterocycles. The highest BCUT2D eigenvalue weighted by atomic mass is 32.2. The van der Waals surface area contributed by atoms with Gasteiger partial charge in [-0.25, -0.2) is 13.4 Å². The van der Waals surface area contributed by atoms with Crippen molar-refractivity contribution in [2.75, 3.05) is 32.7 Å². The highest BCUT2D eigenvalue weighted by molar-refractivity contribution is 7.95. The Hall–Kier alpha value is -2.09. The van der Waals surface area contributed by atoms with Crippen molar-refractivity contribution in [2.24, 2.45) is 0 Å². The summed E-state index contributed by atoms with van der Waals surface area (Å²) in [6.07, 6.45) is 5.82. The van der Waals surface area contributed by atoms with E-state index in [9.17, 15) is 8.42 Å². The number of hydrogen-bond donors (Lipinski definition) is 2. The Labute approximate surface area is 142 Å². The summed E-state index contributed by atoms with van der Waals surface area (Å²) < 4.78 is 26.2. The molecule has 0 radical (unpaired) electrons. The van der Waals surface area contributed by atoms with E-state index in [0.717, 1.165) is 37.6 Å². The predicted molar refractivity (Wildman–Crippen MR) is 92.2 cm³/mol. The number of piperazine rings is 1. The van der Waals surface area contributed by atoms with Crippen LogP contribution in [-0.4, -0.2) is 51.2 Å². The van der Waals surface area contributed by atoms with Gasteiger partial charge in [0.1, 0.15) is 0 Å². The van der Waals surface area contributed by atoms with Crippen molar-refractivity contribution in [3.8, 4) is 0 Å². The summed E-state index contributed by atoms with van der Waals surface area (Å²) in [6, 6.07) is 8.64. The molecule has 0 unspecified atom stereocenters. The van der Waals surface area contributed by atoms with Gasteiger partial charge in [0.25, 0.3) is 0 Å². The monoisotopic (exact) mass is 344 g/mol. The Morgan fingerprint density at radius 1 is 1.04 bits per heavy atom.